The first kappa shape index (κ1) is 12.9. The molecule has 16 heavy (non-hydrogen) atoms. The summed E-state index contributed by atoms with van der Waals surface area (Å²) >= 11 is 0. The number of aromatic hydroxyl groups is 1. The molecule has 1 aromatic rings. The quantitative estimate of drug-likeness (QED) is 0.716. The van der Waals surface area contributed by atoms with Gasteiger partial charge in [0, 0.05) is 5.56 Å². The molecule has 0 amide bonds. The molecule has 2 rings (SSSR count). The summed E-state index contributed by atoms with van der Waals surface area (Å²) in [6.45, 7) is 10.4. The van der Waals surface area contributed by atoms with Gasteiger partial charge in [-0.05, 0) is 44.4 Å². The van der Waals surface area contributed by atoms with E-state index in [1.165, 1.54) is 0 Å². The average molecular weight is 222 g/mol. The number of ether oxygens (including phenoxy) is 1. The van der Waals surface area contributed by atoms with Gasteiger partial charge >= 0.3 is 0 Å². The molecule has 0 saturated heterocycles. The Morgan fingerprint density at radius 1 is 1.31 bits per heavy atom. The summed E-state index contributed by atoms with van der Waals surface area (Å²) in [6, 6.07) is 5.32. The van der Waals surface area contributed by atoms with Crippen molar-refractivity contribution in [1.29, 1.82) is 0 Å². The Balaban J connectivity index is 0.000000606. The van der Waals surface area contributed by atoms with Crippen LogP contribution in [0.3, 0.4) is 0 Å². The van der Waals surface area contributed by atoms with Gasteiger partial charge in [0.15, 0.2) is 0 Å². The van der Waals surface area contributed by atoms with Gasteiger partial charge in [-0.1, -0.05) is 20.8 Å². The predicted molar refractivity (Wildman–Crippen MR) is 67.2 cm³/mol. The fourth-order valence-corrected chi connectivity index (χ4v) is 2.20. The molecule has 0 saturated carbocycles. The van der Waals surface area contributed by atoms with Crippen molar-refractivity contribution in [3.63, 3.8) is 0 Å². The maximum absolute atomic E-state index is 9.38. The number of phenols is 1. The number of benzene rings is 1. The lowest BCUT2D eigenvalue weighted by atomic mass is 9.86. The zero-order valence-corrected chi connectivity index (χ0v) is 10.9. The van der Waals surface area contributed by atoms with E-state index < -0.39 is 0 Å². The van der Waals surface area contributed by atoms with Crippen LogP contribution in [0.25, 0.3) is 0 Å². The van der Waals surface area contributed by atoms with Crippen LogP contribution in [0.5, 0.6) is 11.5 Å². The minimum atomic E-state index is -0.0939. The van der Waals surface area contributed by atoms with Crippen LogP contribution in [0.2, 0.25) is 0 Å². The first-order valence-corrected chi connectivity index (χ1v) is 6.00. The van der Waals surface area contributed by atoms with E-state index in [9.17, 15) is 5.11 Å². The third-order valence-corrected chi connectivity index (χ3v) is 2.71. The molecule has 1 N–H and O–H groups in total. The molecule has 2 nitrogen and oxygen atoms in total. The third kappa shape index (κ3) is 2.69. The largest absolute Gasteiger partial charge is 0.508 e. The van der Waals surface area contributed by atoms with Crippen LogP contribution in [0, 0.1) is 0 Å². The lowest BCUT2D eigenvalue weighted by molar-refractivity contribution is 0.0745. The minimum Gasteiger partial charge on any atom is -0.508 e. The molecular formula is C14H22O2. The molecule has 1 aliphatic rings. The van der Waals surface area contributed by atoms with E-state index in [1.54, 1.807) is 12.1 Å². The number of phenolic OH excluding ortho intramolecular Hbond substituents is 1. The molecular weight excluding hydrogens is 200 g/mol. The Morgan fingerprint density at radius 2 is 1.94 bits per heavy atom. The first-order valence-electron chi connectivity index (χ1n) is 6.00. The monoisotopic (exact) mass is 222 g/mol. The van der Waals surface area contributed by atoms with Crippen molar-refractivity contribution >= 4 is 0 Å². The van der Waals surface area contributed by atoms with E-state index >= 15 is 0 Å². The standard InChI is InChI=1S/C12H16O2.C2H6/c1-8-7-12(2,3)14-11-5-4-9(13)6-10(8)11;1-2/h4-6,8,13H,7H2,1-3H3;1-2H3. The highest BCUT2D eigenvalue weighted by Gasteiger charge is 2.31. The molecule has 0 fully saturated rings. The van der Waals surface area contributed by atoms with Gasteiger partial charge in [-0.2, -0.15) is 0 Å². The maximum Gasteiger partial charge on any atom is 0.123 e. The van der Waals surface area contributed by atoms with Crippen LogP contribution in [0.4, 0.5) is 0 Å². The molecule has 0 spiro atoms. The Kier molecular flexibility index (Phi) is 3.84. The van der Waals surface area contributed by atoms with E-state index in [-0.39, 0.29) is 5.60 Å². The molecule has 1 aliphatic heterocycles. The van der Waals surface area contributed by atoms with Gasteiger partial charge in [0.05, 0.1) is 0 Å². The summed E-state index contributed by atoms with van der Waals surface area (Å²) in [6.07, 6.45) is 0.990. The molecule has 0 aromatic heterocycles. The molecule has 0 bridgehead atoms. The highest BCUT2D eigenvalue weighted by Crippen LogP contribution is 2.41. The van der Waals surface area contributed by atoms with Crippen molar-refractivity contribution in [2.24, 2.45) is 0 Å². The topological polar surface area (TPSA) is 29.5 Å². The van der Waals surface area contributed by atoms with Gasteiger partial charge in [-0.15, -0.1) is 0 Å². The summed E-state index contributed by atoms with van der Waals surface area (Å²) in [5.41, 5.74) is 1.02. The lowest BCUT2D eigenvalue weighted by Gasteiger charge is -2.36. The van der Waals surface area contributed by atoms with Crippen LogP contribution in [0.15, 0.2) is 18.2 Å². The van der Waals surface area contributed by atoms with Gasteiger partial charge in [-0.25, -0.2) is 0 Å². The zero-order valence-electron chi connectivity index (χ0n) is 10.9. The van der Waals surface area contributed by atoms with Gasteiger partial charge < -0.3 is 9.84 Å². The van der Waals surface area contributed by atoms with Gasteiger partial charge in [0.25, 0.3) is 0 Å². The molecule has 2 heteroatoms. The van der Waals surface area contributed by atoms with E-state index in [0.29, 0.717) is 11.7 Å². The van der Waals surface area contributed by atoms with E-state index in [0.717, 1.165) is 17.7 Å². The number of hydrogen-bond acceptors (Lipinski definition) is 2. The van der Waals surface area contributed by atoms with Crippen molar-refractivity contribution in [1.82, 2.24) is 0 Å². The summed E-state index contributed by atoms with van der Waals surface area (Å²) in [4.78, 5) is 0. The van der Waals surface area contributed by atoms with E-state index in [4.69, 9.17) is 4.74 Å². The van der Waals surface area contributed by atoms with Crippen LogP contribution in [-0.2, 0) is 0 Å². The highest BCUT2D eigenvalue weighted by molar-refractivity contribution is 5.43. The molecule has 1 heterocycles. The predicted octanol–water partition coefficient (Wildman–Crippen LogP) is 4.08. The maximum atomic E-state index is 9.38. The van der Waals surface area contributed by atoms with Crippen LogP contribution in [-0.4, -0.2) is 10.7 Å². The van der Waals surface area contributed by atoms with Crippen LogP contribution < -0.4 is 4.74 Å². The lowest BCUT2D eigenvalue weighted by Crippen LogP contribution is -2.34. The van der Waals surface area contributed by atoms with Crippen molar-refractivity contribution in [3.8, 4) is 11.5 Å². The summed E-state index contributed by atoms with van der Waals surface area (Å²) in [5, 5.41) is 9.38. The fraction of sp³-hybridized carbons (Fsp3) is 0.571. The Labute approximate surface area is 98.3 Å². The van der Waals surface area contributed by atoms with E-state index in [2.05, 4.69) is 20.8 Å². The van der Waals surface area contributed by atoms with Gasteiger partial charge in [-0.3, -0.25) is 0 Å². The molecule has 90 valence electrons. The fourth-order valence-electron chi connectivity index (χ4n) is 2.20. The Morgan fingerprint density at radius 3 is 2.56 bits per heavy atom. The molecule has 0 aliphatic carbocycles. The molecule has 1 unspecified atom stereocenters. The molecule has 1 atom stereocenters. The van der Waals surface area contributed by atoms with Gasteiger partial charge in [0.2, 0.25) is 0 Å². The normalized spacial score (nSPS) is 21.2. The third-order valence-electron chi connectivity index (χ3n) is 2.71. The Hall–Kier alpha value is -1.18. The highest BCUT2D eigenvalue weighted by atomic mass is 16.5. The average Bonchev–Trinajstić information content (AvgIpc) is 2.21. The Bertz CT molecular complexity index is 356. The summed E-state index contributed by atoms with van der Waals surface area (Å²) in [7, 11) is 0. The van der Waals surface area contributed by atoms with Crippen molar-refractivity contribution < 1.29 is 9.84 Å². The number of hydrogen-bond donors (Lipinski definition) is 1. The minimum absolute atomic E-state index is 0.0939. The number of fused-ring (bicyclic) bond motifs is 1. The first-order chi connectivity index (χ1) is 7.48. The summed E-state index contributed by atoms with van der Waals surface area (Å²) in [5.74, 6) is 1.67. The molecule has 0 radical (unpaired) electrons. The SMILES string of the molecule is CC.CC1CC(C)(C)Oc2ccc(O)cc21. The van der Waals surface area contributed by atoms with Crippen molar-refractivity contribution in [2.75, 3.05) is 0 Å². The summed E-state index contributed by atoms with van der Waals surface area (Å²) < 4.78 is 5.83. The van der Waals surface area contributed by atoms with Crippen LogP contribution in [0.1, 0.15) is 52.5 Å². The smallest absolute Gasteiger partial charge is 0.123 e. The molecule has 1 aromatic carbocycles. The van der Waals surface area contributed by atoms with Crippen molar-refractivity contribution in [2.45, 2.75) is 52.6 Å². The van der Waals surface area contributed by atoms with Gasteiger partial charge in [0.1, 0.15) is 17.1 Å². The second kappa shape index (κ2) is 4.77. The van der Waals surface area contributed by atoms with Crippen LogP contribution >= 0.6 is 0 Å². The second-order valence-electron chi connectivity index (χ2n) is 4.69. The van der Waals surface area contributed by atoms with Crippen molar-refractivity contribution in [3.05, 3.63) is 23.8 Å². The number of rotatable bonds is 0. The zero-order chi connectivity index (χ0) is 12.3. The van der Waals surface area contributed by atoms with E-state index in [1.807, 2.05) is 19.9 Å². The second-order valence-corrected chi connectivity index (χ2v) is 4.69.